The lowest BCUT2D eigenvalue weighted by Gasteiger charge is -2.10. The molecular formula is C19H14ClFN2O2. The Morgan fingerprint density at radius 1 is 1.12 bits per heavy atom. The molecule has 4 nitrogen and oxygen atoms in total. The zero-order valence-corrected chi connectivity index (χ0v) is 13.8. The van der Waals surface area contributed by atoms with Crippen LogP contribution in [0.3, 0.4) is 0 Å². The molecule has 0 saturated carbocycles. The van der Waals surface area contributed by atoms with Crippen molar-refractivity contribution in [1.29, 1.82) is 0 Å². The van der Waals surface area contributed by atoms with Crippen LogP contribution in [0.25, 0.3) is 0 Å². The molecule has 6 heteroatoms. The van der Waals surface area contributed by atoms with Crippen molar-refractivity contribution in [3.63, 3.8) is 0 Å². The van der Waals surface area contributed by atoms with Crippen molar-refractivity contribution in [3.8, 4) is 5.75 Å². The van der Waals surface area contributed by atoms with Crippen LogP contribution in [0.2, 0.25) is 5.02 Å². The summed E-state index contributed by atoms with van der Waals surface area (Å²) in [7, 11) is 0. The standard InChI is InChI=1S/C19H14ClFN2O2/c20-16-8-4-9-17(21)18(16)19(24)23-13-6-3-7-15(11-13)25-12-14-5-1-2-10-22-14/h1-11H,12H2,(H,23,24). The molecule has 0 spiro atoms. The van der Waals surface area contributed by atoms with E-state index < -0.39 is 11.7 Å². The van der Waals surface area contributed by atoms with Crippen LogP contribution in [-0.2, 0) is 6.61 Å². The topological polar surface area (TPSA) is 51.2 Å². The van der Waals surface area contributed by atoms with Gasteiger partial charge in [-0.15, -0.1) is 0 Å². The number of hydrogen-bond acceptors (Lipinski definition) is 3. The maximum absolute atomic E-state index is 13.8. The van der Waals surface area contributed by atoms with E-state index in [0.717, 1.165) is 5.69 Å². The Labute approximate surface area is 149 Å². The van der Waals surface area contributed by atoms with Gasteiger partial charge in [-0.1, -0.05) is 29.8 Å². The van der Waals surface area contributed by atoms with Crippen molar-refractivity contribution in [3.05, 3.63) is 89.0 Å². The van der Waals surface area contributed by atoms with E-state index in [1.54, 1.807) is 30.5 Å². The van der Waals surface area contributed by atoms with Gasteiger partial charge in [0.25, 0.3) is 5.91 Å². The van der Waals surface area contributed by atoms with Crippen LogP contribution >= 0.6 is 11.6 Å². The number of halogens is 2. The molecule has 0 aliphatic carbocycles. The molecule has 25 heavy (non-hydrogen) atoms. The summed E-state index contributed by atoms with van der Waals surface area (Å²) in [4.78, 5) is 16.4. The van der Waals surface area contributed by atoms with Gasteiger partial charge in [-0.05, 0) is 36.4 Å². The second kappa shape index (κ2) is 7.77. The molecule has 1 aromatic heterocycles. The summed E-state index contributed by atoms with van der Waals surface area (Å²) in [5.41, 5.74) is 1.07. The van der Waals surface area contributed by atoms with Crippen molar-refractivity contribution in [2.45, 2.75) is 6.61 Å². The zero-order chi connectivity index (χ0) is 17.6. The van der Waals surface area contributed by atoms with E-state index in [1.807, 2.05) is 18.2 Å². The first kappa shape index (κ1) is 16.9. The summed E-state index contributed by atoms with van der Waals surface area (Å²) in [6.45, 7) is 0.303. The predicted octanol–water partition coefficient (Wildman–Crippen LogP) is 4.71. The van der Waals surface area contributed by atoms with Crippen molar-refractivity contribution >= 4 is 23.2 Å². The lowest BCUT2D eigenvalue weighted by atomic mass is 10.2. The Morgan fingerprint density at radius 2 is 1.96 bits per heavy atom. The Kier molecular flexibility index (Phi) is 5.26. The summed E-state index contributed by atoms with van der Waals surface area (Å²) in [5, 5.41) is 2.68. The van der Waals surface area contributed by atoms with Crippen molar-refractivity contribution < 1.29 is 13.9 Å². The van der Waals surface area contributed by atoms with Crippen LogP contribution in [0.4, 0.5) is 10.1 Å². The SMILES string of the molecule is O=C(Nc1cccc(OCc2ccccn2)c1)c1c(F)cccc1Cl. The predicted molar refractivity (Wildman–Crippen MR) is 94.4 cm³/mol. The largest absolute Gasteiger partial charge is 0.487 e. The summed E-state index contributed by atoms with van der Waals surface area (Å²) in [5.74, 6) is -0.736. The number of nitrogens with zero attached hydrogens (tertiary/aromatic N) is 1. The van der Waals surface area contributed by atoms with Crippen molar-refractivity contribution in [1.82, 2.24) is 4.98 Å². The molecule has 0 atom stereocenters. The molecule has 3 aromatic rings. The Balaban J connectivity index is 1.70. The van der Waals surface area contributed by atoms with E-state index in [0.29, 0.717) is 18.0 Å². The van der Waals surface area contributed by atoms with Crippen LogP contribution in [0, 0.1) is 5.82 Å². The van der Waals surface area contributed by atoms with Gasteiger partial charge in [0, 0.05) is 18.0 Å². The van der Waals surface area contributed by atoms with Gasteiger partial charge in [0.2, 0.25) is 0 Å². The van der Waals surface area contributed by atoms with E-state index in [-0.39, 0.29) is 10.6 Å². The minimum absolute atomic E-state index is 0.0556. The lowest BCUT2D eigenvalue weighted by Crippen LogP contribution is -2.14. The molecule has 0 unspecified atom stereocenters. The normalized spacial score (nSPS) is 10.3. The fourth-order valence-electron chi connectivity index (χ4n) is 2.21. The molecule has 126 valence electrons. The van der Waals surface area contributed by atoms with Crippen LogP contribution in [0.15, 0.2) is 66.9 Å². The number of carbonyl (C=O) groups is 1. The van der Waals surface area contributed by atoms with Crippen LogP contribution in [0.1, 0.15) is 16.1 Å². The Bertz CT molecular complexity index is 867. The number of nitrogens with one attached hydrogen (secondary N) is 1. The minimum Gasteiger partial charge on any atom is -0.487 e. The minimum atomic E-state index is -0.674. The molecule has 0 radical (unpaired) electrons. The van der Waals surface area contributed by atoms with Crippen LogP contribution in [0.5, 0.6) is 5.75 Å². The first-order valence-electron chi connectivity index (χ1n) is 7.51. The number of pyridine rings is 1. The first-order chi connectivity index (χ1) is 12.1. The van der Waals surface area contributed by atoms with Gasteiger partial charge in [-0.2, -0.15) is 0 Å². The Morgan fingerprint density at radius 3 is 2.72 bits per heavy atom. The van der Waals surface area contributed by atoms with Gasteiger partial charge in [0.05, 0.1) is 16.3 Å². The van der Waals surface area contributed by atoms with E-state index in [1.165, 1.54) is 18.2 Å². The number of rotatable bonds is 5. The van der Waals surface area contributed by atoms with Gasteiger partial charge in [0.15, 0.2) is 0 Å². The third kappa shape index (κ3) is 4.33. The molecule has 1 heterocycles. The molecule has 0 aliphatic heterocycles. The highest BCUT2D eigenvalue weighted by Gasteiger charge is 2.16. The maximum Gasteiger partial charge on any atom is 0.260 e. The quantitative estimate of drug-likeness (QED) is 0.720. The average molecular weight is 357 g/mol. The molecule has 0 bridgehead atoms. The van der Waals surface area contributed by atoms with Crippen molar-refractivity contribution in [2.75, 3.05) is 5.32 Å². The highest BCUT2D eigenvalue weighted by molar-refractivity contribution is 6.34. The van der Waals surface area contributed by atoms with E-state index in [9.17, 15) is 9.18 Å². The number of hydrogen-bond donors (Lipinski definition) is 1. The molecular weight excluding hydrogens is 343 g/mol. The second-order valence-corrected chi connectivity index (χ2v) is 5.60. The summed E-state index contributed by atoms with van der Waals surface area (Å²) >= 11 is 5.91. The molecule has 0 fully saturated rings. The number of carbonyl (C=O) groups excluding carboxylic acids is 1. The average Bonchev–Trinajstić information content (AvgIpc) is 2.61. The molecule has 1 amide bonds. The van der Waals surface area contributed by atoms with E-state index in [2.05, 4.69) is 10.3 Å². The molecule has 1 N–H and O–H groups in total. The first-order valence-corrected chi connectivity index (χ1v) is 7.89. The van der Waals surface area contributed by atoms with Gasteiger partial charge < -0.3 is 10.1 Å². The zero-order valence-electron chi connectivity index (χ0n) is 13.1. The monoisotopic (exact) mass is 356 g/mol. The second-order valence-electron chi connectivity index (χ2n) is 5.19. The lowest BCUT2D eigenvalue weighted by molar-refractivity contribution is 0.102. The van der Waals surface area contributed by atoms with Crippen molar-refractivity contribution in [2.24, 2.45) is 0 Å². The number of amides is 1. The fourth-order valence-corrected chi connectivity index (χ4v) is 2.46. The molecule has 0 aliphatic rings. The van der Waals surface area contributed by atoms with Gasteiger partial charge in [0.1, 0.15) is 18.2 Å². The highest BCUT2D eigenvalue weighted by atomic mass is 35.5. The third-order valence-electron chi connectivity index (χ3n) is 3.39. The summed E-state index contributed by atoms with van der Waals surface area (Å²) in [6, 6.07) is 16.5. The Hall–Kier alpha value is -2.92. The van der Waals surface area contributed by atoms with Gasteiger partial charge in [-0.3, -0.25) is 9.78 Å². The van der Waals surface area contributed by atoms with Gasteiger partial charge in [-0.25, -0.2) is 4.39 Å². The third-order valence-corrected chi connectivity index (χ3v) is 3.71. The molecule has 2 aromatic carbocycles. The summed E-state index contributed by atoms with van der Waals surface area (Å²) in [6.07, 6.45) is 1.69. The van der Waals surface area contributed by atoms with Crippen LogP contribution < -0.4 is 10.1 Å². The number of anilines is 1. The molecule has 3 rings (SSSR count). The van der Waals surface area contributed by atoms with E-state index >= 15 is 0 Å². The van der Waals surface area contributed by atoms with Crippen LogP contribution in [-0.4, -0.2) is 10.9 Å². The number of ether oxygens (including phenoxy) is 1. The van der Waals surface area contributed by atoms with Gasteiger partial charge >= 0.3 is 0 Å². The highest BCUT2D eigenvalue weighted by Crippen LogP contribution is 2.22. The number of aromatic nitrogens is 1. The molecule has 0 saturated heterocycles. The fraction of sp³-hybridized carbons (Fsp3) is 0.0526. The smallest absolute Gasteiger partial charge is 0.260 e. The maximum atomic E-state index is 13.8. The number of benzene rings is 2. The van der Waals surface area contributed by atoms with E-state index in [4.69, 9.17) is 16.3 Å². The summed E-state index contributed by atoms with van der Waals surface area (Å²) < 4.78 is 19.5.